The van der Waals surface area contributed by atoms with E-state index in [2.05, 4.69) is 20.8 Å². The predicted octanol–water partition coefficient (Wildman–Crippen LogP) is 3.14. The lowest BCUT2D eigenvalue weighted by atomic mass is 9.86. The van der Waals surface area contributed by atoms with Gasteiger partial charge in [-0.25, -0.2) is 0 Å². The van der Waals surface area contributed by atoms with Crippen molar-refractivity contribution in [3.8, 4) is 0 Å². The second-order valence-corrected chi connectivity index (χ2v) is 7.62. The van der Waals surface area contributed by atoms with Crippen LogP contribution in [0.3, 0.4) is 0 Å². The highest BCUT2D eigenvalue weighted by Gasteiger charge is 2.36. The Balaban J connectivity index is 2.20. The zero-order valence-electron chi connectivity index (χ0n) is 14.3. The van der Waals surface area contributed by atoms with E-state index in [1.165, 1.54) is 7.11 Å². The van der Waals surface area contributed by atoms with Gasteiger partial charge in [0.2, 0.25) is 0 Å². The van der Waals surface area contributed by atoms with Gasteiger partial charge in [-0.15, -0.1) is 0 Å². The zero-order chi connectivity index (χ0) is 17.2. The van der Waals surface area contributed by atoms with Crippen molar-refractivity contribution in [2.75, 3.05) is 13.7 Å². The highest BCUT2D eigenvalue weighted by Crippen LogP contribution is 2.31. The van der Waals surface area contributed by atoms with Crippen LogP contribution in [0, 0.1) is 0 Å². The van der Waals surface area contributed by atoms with Crippen molar-refractivity contribution in [3.63, 3.8) is 0 Å². The smallest absolute Gasteiger partial charge is 0.325 e. The first-order valence-electron chi connectivity index (χ1n) is 8.03. The first-order chi connectivity index (χ1) is 10.7. The van der Waals surface area contributed by atoms with Crippen molar-refractivity contribution in [2.45, 2.75) is 57.7 Å². The fourth-order valence-corrected chi connectivity index (χ4v) is 3.63. The van der Waals surface area contributed by atoms with E-state index in [1.807, 2.05) is 23.1 Å². The van der Waals surface area contributed by atoms with Gasteiger partial charge in [-0.3, -0.25) is 9.69 Å². The quantitative estimate of drug-likeness (QED) is 0.859. The van der Waals surface area contributed by atoms with E-state index in [1.54, 1.807) is 0 Å². The number of carbonyl (C=O) groups excluding carboxylic acids is 1. The predicted molar refractivity (Wildman–Crippen MR) is 91.6 cm³/mol. The minimum Gasteiger partial charge on any atom is -0.468 e. The van der Waals surface area contributed by atoms with Gasteiger partial charge in [0.1, 0.15) is 6.04 Å². The van der Waals surface area contributed by atoms with Crippen LogP contribution in [0.25, 0.3) is 0 Å². The number of piperidine rings is 1. The van der Waals surface area contributed by atoms with Gasteiger partial charge in [0.25, 0.3) is 0 Å². The Bertz CT molecular complexity index is 568. The maximum atomic E-state index is 12.0. The Kier molecular flexibility index (Phi) is 5.71. The monoisotopic (exact) mass is 339 g/mol. The number of hydrogen-bond donors (Lipinski definition) is 1. The van der Waals surface area contributed by atoms with Crippen LogP contribution in [-0.4, -0.2) is 41.8 Å². The first-order valence-corrected chi connectivity index (χ1v) is 8.40. The van der Waals surface area contributed by atoms with Gasteiger partial charge in [0.05, 0.1) is 13.2 Å². The van der Waals surface area contributed by atoms with E-state index in [9.17, 15) is 9.90 Å². The molecule has 1 heterocycles. The molecule has 1 N–H and O–H groups in total. The van der Waals surface area contributed by atoms with E-state index < -0.39 is 12.1 Å². The number of methoxy groups -OCH3 is 1. The lowest BCUT2D eigenvalue weighted by molar-refractivity contribution is -0.154. The molecule has 0 radical (unpaired) electrons. The SMILES string of the molecule is COC(=O)C1C(O)CCCN1Cc1ccc(C(C)(C)C)c(Cl)c1. The summed E-state index contributed by atoms with van der Waals surface area (Å²) in [6.07, 6.45) is 0.808. The van der Waals surface area contributed by atoms with Crippen LogP contribution < -0.4 is 0 Å². The molecule has 0 amide bonds. The van der Waals surface area contributed by atoms with Crippen molar-refractivity contribution < 1.29 is 14.6 Å². The Morgan fingerprint density at radius 1 is 1.43 bits per heavy atom. The Morgan fingerprint density at radius 2 is 2.13 bits per heavy atom. The van der Waals surface area contributed by atoms with Crippen molar-refractivity contribution in [1.82, 2.24) is 4.90 Å². The van der Waals surface area contributed by atoms with Crippen LogP contribution in [0.5, 0.6) is 0 Å². The van der Waals surface area contributed by atoms with Crippen molar-refractivity contribution in [1.29, 1.82) is 0 Å². The molecule has 0 aliphatic carbocycles. The first kappa shape index (κ1) is 18.2. The molecule has 1 saturated heterocycles. The summed E-state index contributed by atoms with van der Waals surface area (Å²) in [5.41, 5.74) is 2.13. The zero-order valence-corrected chi connectivity index (χ0v) is 15.1. The number of rotatable bonds is 3. The van der Waals surface area contributed by atoms with Crippen LogP contribution in [0.15, 0.2) is 18.2 Å². The van der Waals surface area contributed by atoms with Crippen LogP contribution in [0.4, 0.5) is 0 Å². The van der Waals surface area contributed by atoms with Crippen LogP contribution in [0.1, 0.15) is 44.7 Å². The third-order valence-electron chi connectivity index (χ3n) is 4.37. The number of aliphatic hydroxyl groups is 1. The molecule has 23 heavy (non-hydrogen) atoms. The van der Waals surface area contributed by atoms with Gasteiger partial charge in [-0.05, 0) is 42.0 Å². The molecule has 0 bridgehead atoms. The normalized spacial score (nSPS) is 22.9. The van der Waals surface area contributed by atoms with E-state index in [0.29, 0.717) is 13.0 Å². The molecular weight excluding hydrogens is 314 g/mol. The fraction of sp³-hybridized carbons (Fsp3) is 0.611. The number of aliphatic hydroxyl groups excluding tert-OH is 1. The summed E-state index contributed by atoms with van der Waals surface area (Å²) in [7, 11) is 1.36. The summed E-state index contributed by atoms with van der Waals surface area (Å²) >= 11 is 6.43. The molecule has 2 rings (SSSR count). The molecule has 1 aliphatic rings. The lowest BCUT2D eigenvalue weighted by Crippen LogP contribution is -2.52. The van der Waals surface area contributed by atoms with Crippen LogP contribution in [-0.2, 0) is 21.5 Å². The van der Waals surface area contributed by atoms with E-state index in [-0.39, 0.29) is 11.4 Å². The maximum absolute atomic E-state index is 12.0. The van der Waals surface area contributed by atoms with E-state index in [4.69, 9.17) is 16.3 Å². The van der Waals surface area contributed by atoms with Gasteiger partial charge in [-0.2, -0.15) is 0 Å². The average molecular weight is 340 g/mol. The molecule has 1 aliphatic heterocycles. The van der Waals surface area contributed by atoms with Gasteiger partial charge >= 0.3 is 5.97 Å². The van der Waals surface area contributed by atoms with E-state index in [0.717, 1.165) is 29.1 Å². The standard InChI is InChI=1S/C18H26ClNO3/c1-18(2,3)13-8-7-12(10-14(13)19)11-20-9-5-6-15(21)16(20)17(22)23-4/h7-8,10,15-16,21H,5-6,9,11H2,1-4H3. The second-order valence-electron chi connectivity index (χ2n) is 7.21. The number of esters is 1. The minimum absolute atomic E-state index is 0.00845. The summed E-state index contributed by atoms with van der Waals surface area (Å²) in [6.45, 7) is 7.71. The number of hydrogen-bond acceptors (Lipinski definition) is 4. The number of nitrogens with zero attached hydrogens (tertiary/aromatic N) is 1. The largest absolute Gasteiger partial charge is 0.468 e. The topological polar surface area (TPSA) is 49.8 Å². The third kappa shape index (κ3) is 4.25. The van der Waals surface area contributed by atoms with E-state index >= 15 is 0 Å². The molecule has 2 atom stereocenters. The molecule has 0 aromatic heterocycles. The van der Waals surface area contributed by atoms with Crippen molar-refractivity contribution >= 4 is 17.6 Å². The Morgan fingerprint density at radius 3 is 2.70 bits per heavy atom. The number of ether oxygens (including phenoxy) is 1. The molecule has 2 unspecified atom stereocenters. The molecule has 5 heteroatoms. The molecule has 0 spiro atoms. The van der Waals surface area contributed by atoms with Gasteiger partial charge in [0.15, 0.2) is 0 Å². The highest BCUT2D eigenvalue weighted by atomic mass is 35.5. The third-order valence-corrected chi connectivity index (χ3v) is 4.69. The van der Waals surface area contributed by atoms with Gasteiger partial charge in [0, 0.05) is 11.6 Å². The number of carbonyl (C=O) groups is 1. The summed E-state index contributed by atoms with van der Waals surface area (Å²) in [5, 5.41) is 10.9. The molecule has 1 aromatic carbocycles. The molecule has 128 valence electrons. The Labute approximate surface area is 143 Å². The summed E-state index contributed by atoms with van der Waals surface area (Å²) in [6, 6.07) is 5.44. The summed E-state index contributed by atoms with van der Waals surface area (Å²) in [4.78, 5) is 14.0. The number of halogens is 1. The van der Waals surface area contributed by atoms with Crippen molar-refractivity contribution in [2.24, 2.45) is 0 Å². The van der Waals surface area contributed by atoms with Gasteiger partial charge in [-0.1, -0.05) is 44.5 Å². The van der Waals surface area contributed by atoms with Gasteiger partial charge < -0.3 is 9.84 Å². The van der Waals surface area contributed by atoms with Crippen molar-refractivity contribution in [3.05, 3.63) is 34.3 Å². The van der Waals surface area contributed by atoms with Crippen LogP contribution >= 0.6 is 11.6 Å². The van der Waals surface area contributed by atoms with Crippen LogP contribution in [0.2, 0.25) is 5.02 Å². The Hall–Kier alpha value is -1.10. The molecule has 4 nitrogen and oxygen atoms in total. The molecular formula is C18H26ClNO3. The molecule has 0 saturated carbocycles. The summed E-state index contributed by atoms with van der Waals surface area (Å²) in [5.74, 6) is -0.380. The minimum atomic E-state index is -0.680. The fourth-order valence-electron chi connectivity index (χ4n) is 3.15. The number of likely N-dealkylation sites (tertiary alicyclic amines) is 1. The molecule has 1 aromatic rings. The maximum Gasteiger partial charge on any atom is 0.325 e. The number of benzene rings is 1. The average Bonchev–Trinajstić information content (AvgIpc) is 2.45. The summed E-state index contributed by atoms with van der Waals surface area (Å²) < 4.78 is 4.85. The lowest BCUT2D eigenvalue weighted by Gasteiger charge is -2.37. The molecule has 1 fully saturated rings. The second kappa shape index (κ2) is 7.20. The highest BCUT2D eigenvalue weighted by molar-refractivity contribution is 6.31.